The first-order valence-electron chi connectivity index (χ1n) is 32.9. The second-order valence-electron chi connectivity index (χ2n) is 35.6. The molecule has 0 bridgehead atoms. The van der Waals surface area contributed by atoms with Crippen molar-refractivity contribution in [3.63, 3.8) is 0 Å². The Hall–Kier alpha value is 3.89. The van der Waals surface area contributed by atoms with E-state index in [1.54, 1.807) is 0 Å². The van der Waals surface area contributed by atoms with Gasteiger partial charge in [-0.1, -0.05) is 0 Å². The summed E-state index contributed by atoms with van der Waals surface area (Å²) in [6.45, 7) is 95.1. The van der Waals surface area contributed by atoms with Crippen LogP contribution in [0.2, 0.25) is 295 Å². The summed E-state index contributed by atoms with van der Waals surface area (Å²) >= 11 is 0. The van der Waals surface area contributed by atoms with E-state index in [1.165, 1.54) is 0 Å². The molecule has 1 unspecified atom stereocenters. The number of rotatable bonds is 43. The van der Waals surface area contributed by atoms with Gasteiger partial charge in [-0.15, -0.1) is 0 Å². The molecule has 0 aliphatic carbocycles. The van der Waals surface area contributed by atoms with Crippen LogP contribution in [0.5, 0.6) is 0 Å². The van der Waals surface area contributed by atoms with Gasteiger partial charge < -0.3 is 91.7 Å². The molecule has 0 aromatic heterocycles. The van der Waals surface area contributed by atoms with E-state index in [0.717, 1.165) is 13.0 Å². The fraction of sp³-hybridized carbons (Fsp3) is 1.00. The van der Waals surface area contributed by atoms with E-state index >= 15 is 0 Å². The van der Waals surface area contributed by atoms with Crippen molar-refractivity contribution in [1.29, 1.82) is 0 Å². The molecule has 1 fully saturated rings. The average Bonchev–Trinajstić information content (AvgIpc) is 3.00. The Kier molecular flexibility index (Phi) is 32.2. The Morgan fingerprint density at radius 3 is 0.348 bits per heavy atom. The number of nitrogens with one attached hydrogen (secondary N) is 1. The normalized spacial score (nSPS) is 17.6. The number of hydrogen-bond donors (Lipinski definition) is 1. The zero-order valence-electron chi connectivity index (χ0n) is 67.1. The van der Waals surface area contributed by atoms with Crippen LogP contribution >= 0.6 is 0 Å². The Bertz CT molecular complexity index is 2120. The van der Waals surface area contributed by atoms with E-state index in [9.17, 15) is 0 Å². The molecule has 1 heterocycles. The van der Waals surface area contributed by atoms with Gasteiger partial charge in [-0.2, -0.15) is 0 Å². The third kappa shape index (κ3) is 40.2. The molecule has 0 spiro atoms. The first kappa shape index (κ1) is 93.9. The second kappa shape index (κ2) is 31.5. The maximum Gasteiger partial charge on any atom is 0.492 e. The zero-order chi connectivity index (χ0) is 73.5. The van der Waals surface area contributed by atoms with Gasteiger partial charge in [-0.05, 0) is 308 Å². The van der Waals surface area contributed by atoms with Crippen LogP contribution in [0.4, 0.5) is 0 Å². The second-order valence-corrected chi connectivity index (χ2v) is 118. The van der Waals surface area contributed by atoms with Crippen LogP contribution in [0.15, 0.2) is 0 Å². The monoisotopic (exact) mass is 1680 g/mol. The van der Waals surface area contributed by atoms with Crippen molar-refractivity contribution in [3.05, 3.63) is 0 Å². The molecule has 552 valence electrons. The van der Waals surface area contributed by atoms with Crippen LogP contribution in [0, 0.1) is 0 Å². The molecular weight excluding hydrogens is 1540 g/mol. The molecule has 0 aromatic rings. The van der Waals surface area contributed by atoms with Gasteiger partial charge in [-0.25, -0.2) is 0 Å². The minimum absolute atomic E-state index is 0.309. The summed E-state index contributed by atoms with van der Waals surface area (Å²) in [6.07, 6.45) is 0.736. The van der Waals surface area contributed by atoms with Crippen LogP contribution in [0.25, 0.3) is 0 Å². The van der Waals surface area contributed by atoms with Crippen molar-refractivity contribution in [3.8, 4) is 0 Å². The molecule has 1 atom stereocenters. The van der Waals surface area contributed by atoms with Gasteiger partial charge in [0.05, 0.1) is 5.67 Å². The van der Waals surface area contributed by atoms with Crippen LogP contribution in [0.3, 0.4) is 0 Å². The summed E-state index contributed by atoms with van der Waals surface area (Å²) in [5, 5.41) is 3.69. The lowest BCUT2D eigenvalue weighted by Crippen LogP contribution is -2.76. The third-order valence-electron chi connectivity index (χ3n) is 11.4. The lowest BCUT2D eigenvalue weighted by molar-refractivity contribution is 0.150. The minimum Gasteiger partial charge on any atom is -0.437 e. The third-order valence-corrected chi connectivity index (χ3v) is 94.3. The van der Waals surface area contributed by atoms with Gasteiger partial charge in [0.1, 0.15) is 0 Å². The largest absolute Gasteiger partial charge is 0.492 e. The highest BCUT2D eigenvalue weighted by atomic mass is 28.6. The molecule has 1 rings (SSSR count). The highest BCUT2D eigenvalue weighted by molar-refractivity contribution is 6.97. The van der Waals surface area contributed by atoms with Crippen LogP contribution in [-0.4, -0.2) is 200 Å². The summed E-state index contributed by atoms with van der Waals surface area (Å²) < 4.78 is 148. The molecule has 44 heteroatoms. The molecule has 0 aromatic carbocycles. The van der Waals surface area contributed by atoms with E-state index in [0.29, 0.717) is 0 Å². The summed E-state index contributed by atoms with van der Waals surface area (Å²) in [5.74, 6) is 0. The Labute approximate surface area is 587 Å². The van der Waals surface area contributed by atoms with E-state index in [-0.39, 0.29) is 5.67 Å². The molecule has 1 aliphatic heterocycles. The predicted molar refractivity (Wildman–Crippen MR) is 430 cm³/mol. The lowest BCUT2D eigenvalue weighted by atomic mass is 10.3. The molecule has 1 aliphatic rings. The highest BCUT2D eigenvalue weighted by Gasteiger charge is 2.64. The van der Waals surface area contributed by atoms with Crippen molar-refractivity contribution >= 4 is 188 Å². The van der Waals surface area contributed by atoms with Gasteiger partial charge in [0.25, 0.3) is 0 Å². The molecule has 22 nitrogen and oxygen atoms in total. The smallest absolute Gasteiger partial charge is 0.437 e. The van der Waals surface area contributed by atoms with Crippen molar-refractivity contribution in [2.24, 2.45) is 0 Å². The Morgan fingerprint density at radius 2 is 0.261 bits per heavy atom. The average molecular weight is 1690 g/mol. The maximum atomic E-state index is 7.70. The van der Waals surface area contributed by atoms with Crippen molar-refractivity contribution < 1.29 is 86.4 Å². The van der Waals surface area contributed by atoms with E-state index in [1.807, 2.05) is 0 Å². The zero-order valence-corrected chi connectivity index (χ0v) is 89.1. The van der Waals surface area contributed by atoms with Gasteiger partial charge >= 0.3 is 163 Å². The van der Waals surface area contributed by atoms with Crippen molar-refractivity contribution in [2.75, 3.05) is 6.54 Å². The van der Waals surface area contributed by atoms with E-state index in [2.05, 4.69) is 300 Å². The molecular formula is C48H141NO21Si22. The van der Waals surface area contributed by atoms with E-state index in [4.69, 9.17) is 86.4 Å². The summed E-state index contributed by atoms with van der Waals surface area (Å²) in [4.78, 5) is 0. The molecule has 0 amide bonds. The lowest BCUT2D eigenvalue weighted by Gasteiger charge is -2.51. The molecule has 1 N–H and O–H groups in total. The van der Waals surface area contributed by atoms with Crippen LogP contribution in [0.1, 0.15) is 6.42 Å². The SMILES string of the molecule is C[Si](C)(C)O[Si](C)(C)O[Si](C)(C)O[Si](C)(C)O[Si](C)(C)O[Si](C)(C)O[Si](C)(C)O[Si](O[Si](C)(C)O[Si](C)(C)O[Si](C)(C)O[Si](C)(C)O[Si](C)(C)O[Si](C)(C)O[Si](C)(C)C)(O[Si](C)(C)O[Si](C)(C)O[Si](C)(C)O[Si](C)(C)O[Si](C)(C)O[Si](C)(C)O[Si](C)(C)C)C1CCN1. The van der Waals surface area contributed by atoms with Gasteiger partial charge in [0.2, 0.25) is 0 Å². The summed E-state index contributed by atoms with van der Waals surface area (Å²) in [7, 11) is -61.9. The first-order valence-corrected chi connectivity index (χ1v) is 95.6. The Balaban J connectivity index is 3.88. The first-order chi connectivity index (χ1) is 39.5. The fourth-order valence-electron chi connectivity index (χ4n) is 13.4. The molecule has 0 saturated carbocycles. The van der Waals surface area contributed by atoms with Crippen LogP contribution in [-0.2, 0) is 86.4 Å². The van der Waals surface area contributed by atoms with Gasteiger partial charge in [-0.3, -0.25) is 0 Å². The quantitative estimate of drug-likeness (QED) is 0.0563. The molecule has 0 radical (unpaired) electrons. The van der Waals surface area contributed by atoms with E-state index < -0.39 is 188 Å². The van der Waals surface area contributed by atoms with Crippen molar-refractivity contribution in [1.82, 2.24) is 5.32 Å². The Morgan fingerprint density at radius 1 is 0.163 bits per heavy atom. The summed E-state index contributed by atoms with van der Waals surface area (Å²) in [5.41, 5.74) is -0.309. The predicted octanol–water partition coefficient (Wildman–Crippen LogP) is 16.3. The molecule has 92 heavy (non-hydrogen) atoms. The van der Waals surface area contributed by atoms with Crippen LogP contribution < -0.4 is 5.32 Å². The van der Waals surface area contributed by atoms with Gasteiger partial charge in [0, 0.05) is 0 Å². The molecule has 1 saturated heterocycles. The fourth-order valence-corrected chi connectivity index (χ4v) is 124. The standard InChI is InChI=1S/C48H141NO21Si22/c1-71(2,3)50-74(10,11)53-77(16,17)56-80(22,23)59-83(28,29)62-86(34,35)65-89(40,41)68-92(48-46-47-49-48,69-90(42,43)66-87(36,37)63-84(30,31)60-81(24,25)57-78(18,19)54-75(12,13)51-72(4,5)6)70-91(44,45)67-88(38,39)64-85(32,33)61-82(26,27)58-79(20,21)55-76(14,15)52-73(7,8)9/h48-49H,46-47H2,1-45H3. The minimum atomic E-state index is -4.03. The number of hydrogen-bond acceptors (Lipinski definition) is 22. The van der Waals surface area contributed by atoms with Gasteiger partial charge in [0.15, 0.2) is 25.0 Å². The topological polar surface area (TPSA) is 206 Å². The highest BCUT2D eigenvalue weighted by Crippen LogP contribution is 2.39. The van der Waals surface area contributed by atoms with Crippen molar-refractivity contribution in [2.45, 2.75) is 307 Å². The maximum absolute atomic E-state index is 7.70. The summed E-state index contributed by atoms with van der Waals surface area (Å²) in [6, 6.07) is 0.